The summed E-state index contributed by atoms with van der Waals surface area (Å²) in [5.74, 6) is 1.31. The van der Waals surface area contributed by atoms with E-state index < -0.39 is 0 Å². The number of halogens is 1. The number of hydrogen-bond donors (Lipinski definition) is 0. The van der Waals surface area contributed by atoms with Crippen molar-refractivity contribution in [1.29, 1.82) is 0 Å². The molecule has 13 heavy (non-hydrogen) atoms. The summed E-state index contributed by atoms with van der Waals surface area (Å²) in [6.45, 7) is 5.04. The van der Waals surface area contributed by atoms with Crippen LogP contribution in [0.3, 0.4) is 0 Å². The summed E-state index contributed by atoms with van der Waals surface area (Å²) < 4.78 is 5.50. The van der Waals surface area contributed by atoms with E-state index in [1.807, 2.05) is 0 Å². The normalized spacial score (nSPS) is 12.5. The van der Waals surface area contributed by atoms with Crippen molar-refractivity contribution in [1.82, 2.24) is 0 Å². The Kier molecular flexibility index (Phi) is 4.10. The van der Waals surface area contributed by atoms with Gasteiger partial charge in [-0.2, -0.15) is 0 Å². The Hall–Kier alpha value is -0.690. The molecular formula is C11H14ClO. The van der Waals surface area contributed by atoms with Gasteiger partial charge in [-0.25, -0.2) is 0 Å². The zero-order valence-electron chi connectivity index (χ0n) is 8.01. The fourth-order valence-electron chi connectivity index (χ4n) is 0.852. The molecule has 2 heteroatoms. The van der Waals surface area contributed by atoms with E-state index in [1.165, 1.54) is 0 Å². The van der Waals surface area contributed by atoms with Crippen molar-refractivity contribution in [3.05, 3.63) is 29.3 Å². The predicted molar refractivity (Wildman–Crippen MR) is 55.2 cm³/mol. The summed E-state index contributed by atoms with van der Waals surface area (Å²) >= 11 is 5.79. The highest BCUT2D eigenvalue weighted by molar-refractivity contribution is 6.30. The van der Waals surface area contributed by atoms with Crippen LogP contribution < -0.4 is 4.74 Å². The van der Waals surface area contributed by atoms with Gasteiger partial charge in [-0.15, -0.1) is 0 Å². The van der Waals surface area contributed by atoms with Crippen LogP contribution in [-0.4, -0.2) is 6.61 Å². The fourth-order valence-corrected chi connectivity index (χ4v) is 1.01. The standard InChI is InChI=1S/C11H14ClO/c1-3-9(2)8-13-11-6-4-5-10(12)7-11/h4-5,7,9H,3,8H2,1-2H3. The highest BCUT2D eigenvalue weighted by Gasteiger charge is 2.00. The monoisotopic (exact) mass is 197 g/mol. The number of hydrogen-bond acceptors (Lipinski definition) is 1. The largest absolute Gasteiger partial charge is 0.493 e. The van der Waals surface area contributed by atoms with Crippen molar-refractivity contribution in [3.8, 4) is 5.75 Å². The summed E-state index contributed by atoms with van der Waals surface area (Å²) in [5, 5.41) is 0.693. The van der Waals surface area contributed by atoms with Crippen LogP contribution in [0.1, 0.15) is 20.3 Å². The van der Waals surface area contributed by atoms with E-state index in [-0.39, 0.29) is 0 Å². The Morgan fingerprint density at radius 1 is 1.62 bits per heavy atom. The molecule has 0 heterocycles. The highest BCUT2D eigenvalue weighted by atomic mass is 35.5. The van der Waals surface area contributed by atoms with Crippen molar-refractivity contribution in [2.45, 2.75) is 20.3 Å². The molecule has 1 aromatic carbocycles. The molecule has 1 radical (unpaired) electrons. The number of rotatable bonds is 4. The van der Waals surface area contributed by atoms with Gasteiger partial charge in [0.05, 0.1) is 6.61 Å². The third kappa shape index (κ3) is 3.69. The van der Waals surface area contributed by atoms with Gasteiger partial charge in [0, 0.05) is 11.1 Å². The predicted octanol–water partition coefficient (Wildman–Crippen LogP) is 3.57. The van der Waals surface area contributed by atoms with Crippen LogP contribution in [0.4, 0.5) is 0 Å². The van der Waals surface area contributed by atoms with Crippen molar-refractivity contribution < 1.29 is 4.74 Å². The van der Waals surface area contributed by atoms with Crippen molar-refractivity contribution >= 4 is 11.6 Å². The SMILES string of the molecule is CCC(C)COc1[c]ccc(Cl)c1. The quantitative estimate of drug-likeness (QED) is 0.717. The van der Waals surface area contributed by atoms with Crippen LogP contribution >= 0.6 is 11.6 Å². The molecule has 1 nitrogen and oxygen atoms in total. The fraction of sp³-hybridized carbons (Fsp3) is 0.455. The second-order valence-electron chi connectivity index (χ2n) is 3.20. The Morgan fingerprint density at radius 2 is 2.38 bits per heavy atom. The zero-order chi connectivity index (χ0) is 9.68. The van der Waals surface area contributed by atoms with Crippen LogP contribution in [0.2, 0.25) is 5.02 Å². The van der Waals surface area contributed by atoms with E-state index in [2.05, 4.69) is 19.9 Å². The Balaban J connectivity index is 2.45. The first-order chi connectivity index (χ1) is 6.22. The summed E-state index contributed by atoms with van der Waals surface area (Å²) in [4.78, 5) is 0. The molecule has 1 atom stereocenters. The van der Waals surface area contributed by atoms with Crippen LogP contribution in [-0.2, 0) is 0 Å². The molecule has 1 unspecified atom stereocenters. The van der Waals surface area contributed by atoms with E-state index in [0.717, 1.165) is 18.8 Å². The van der Waals surface area contributed by atoms with E-state index in [9.17, 15) is 0 Å². The molecule has 0 aliphatic rings. The molecule has 0 aromatic heterocycles. The minimum absolute atomic E-state index is 0.576. The Morgan fingerprint density at radius 3 is 3.00 bits per heavy atom. The molecule has 0 N–H and O–H groups in total. The van der Waals surface area contributed by atoms with Gasteiger partial charge >= 0.3 is 0 Å². The van der Waals surface area contributed by atoms with E-state index in [0.29, 0.717) is 10.9 Å². The minimum atomic E-state index is 0.576. The molecule has 1 aromatic rings. The van der Waals surface area contributed by atoms with Gasteiger partial charge in [0.15, 0.2) is 0 Å². The first-order valence-corrected chi connectivity index (χ1v) is 4.90. The summed E-state index contributed by atoms with van der Waals surface area (Å²) in [5.41, 5.74) is 0. The topological polar surface area (TPSA) is 9.23 Å². The molecule has 71 valence electrons. The van der Waals surface area contributed by atoms with Crippen molar-refractivity contribution in [3.63, 3.8) is 0 Å². The van der Waals surface area contributed by atoms with Gasteiger partial charge in [0.25, 0.3) is 0 Å². The lowest BCUT2D eigenvalue weighted by atomic mass is 10.1. The number of ether oxygens (including phenoxy) is 1. The van der Waals surface area contributed by atoms with Gasteiger partial charge in [0.1, 0.15) is 5.75 Å². The molecular weight excluding hydrogens is 184 g/mol. The molecule has 0 amide bonds. The lowest BCUT2D eigenvalue weighted by molar-refractivity contribution is 0.256. The molecule has 0 bridgehead atoms. The lowest BCUT2D eigenvalue weighted by Gasteiger charge is -2.10. The third-order valence-corrected chi connectivity index (χ3v) is 2.19. The first kappa shape index (κ1) is 10.4. The molecule has 0 fully saturated rings. The highest BCUT2D eigenvalue weighted by Crippen LogP contribution is 2.17. The Bertz CT molecular complexity index is 260. The maximum Gasteiger partial charge on any atom is 0.128 e. The maximum atomic E-state index is 5.79. The first-order valence-electron chi connectivity index (χ1n) is 4.52. The average molecular weight is 198 g/mol. The van der Waals surface area contributed by atoms with Gasteiger partial charge in [-0.1, -0.05) is 31.9 Å². The van der Waals surface area contributed by atoms with Crippen molar-refractivity contribution in [2.75, 3.05) is 6.61 Å². The van der Waals surface area contributed by atoms with E-state index in [1.54, 1.807) is 18.2 Å². The van der Waals surface area contributed by atoms with E-state index in [4.69, 9.17) is 16.3 Å². The summed E-state index contributed by atoms with van der Waals surface area (Å²) in [6, 6.07) is 8.33. The summed E-state index contributed by atoms with van der Waals surface area (Å²) in [6.07, 6.45) is 1.13. The van der Waals surface area contributed by atoms with Gasteiger partial charge < -0.3 is 4.74 Å². The van der Waals surface area contributed by atoms with Crippen LogP contribution in [0.5, 0.6) is 5.75 Å². The maximum absolute atomic E-state index is 5.79. The van der Waals surface area contributed by atoms with Crippen molar-refractivity contribution in [2.24, 2.45) is 5.92 Å². The molecule has 0 aliphatic heterocycles. The molecule has 0 aliphatic carbocycles. The second kappa shape index (κ2) is 5.13. The molecule has 0 saturated heterocycles. The molecule has 0 spiro atoms. The van der Waals surface area contributed by atoms with Gasteiger partial charge in [0.2, 0.25) is 0 Å². The second-order valence-corrected chi connectivity index (χ2v) is 3.63. The number of benzene rings is 1. The molecule has 0 saturated carbocycles. The van der Waals surface area contributed by atoms with Crippen LogP contribution in [0.25, 0.3) is 0 Å². The third-order valence-electron chi connectivity index (χ3n) is 1.96. The lowest BCUT2D eigenvalue weighted by Crippen LogP contribution is -2.07. The smallest absolute Gasteiger partial charge is 0.128 e. The summed E-state index contributed by atoms with van der Waals surface area (Å²) in [7, 11) is 0. The molecule has 1 rings (SSSR count). The Labute approximate surface area is 84.7 Å². The van der Waals surface area contributed by atoms with Crippen LogP contribution in [0.15, 0.2) is 18.2 Å². The van der Waals surface area contributed by atoms with Gasteiger partial charge in [-0.3, -0.25) is 0 Å². The van der Waals surface area contributed by atoms with Gasteiger partial charge in [-0.05, 0) is 24.1 Å². The van der Waals surface area contributed by atoms with Crippen LogP contribution in [0, 0.1) is 12.0 Å². The van der Waals surface area contributed by atoms with E-state index >= 15 is 0 Å². The zero-order valence-corrected chi connectivity index (χ0v) is 8.77. The minimum Gasteiger partial charge on any atom is -0.493 e. The average Bonchev–Trinajstić information content (AvgIpc) is 2.14.